The molecule has 0 amide bonds. The lowest BCUT2D eigenvalue weighted by Crippen LogP contribution is -2.20. The summed E-state index contributed by atoms with van der Waals surface area (Å²) in [4.78, 5) is 17.5. The van der Waals surface area contributed by atoms with Gasteiger partial charge in [0.1, 0.15) is 22.7 Å². The molecule has 0 aliphatic carbocycles. The maximum absolute atomic E-state index is 13.1. The number of aliphatic hydroxyl groups excluding tert-OH is 1. The second-order valence-electron chi connectivity index (χ2n) is 8.84. The topological polar surface area (TPSA) is 134 Å². The smallest absolute Gasteiger partial charge is 0.496 e. The van der Waals surface area contributed by atoms with E-state index in [1.54, 1.807) is 32.9 Å². The third kappa shape index (κ3) is 4.86. The summed E-state index contributed by atoms with van der Waals surface area (Å²) >= 11 is 0. The second-order valence-corrected chi connectivity index (χ2v) is 8.84. The number of benzene rings is 2. The number of halogens is 3. The number of pyridine rings is 1. The Morgan fingerprint density at radius 2 is 1.79 bits per heavy atom. The molecule has 0 fully saturated rings. The van der Waals surface area contributed by atoms with Crippen LogP contribution in [0.5, 0.6) is 11.5 Å². The zero-order valence-corrected chi connectivity index (χ0v) is 20.9. The highest BCUT2D eigenvalue weighted by molar-refractivity contribution is 6.10. The monoisotopic (exact) mass is 530 g/mol. The van der Waals surface area contributed by atoms with Crippen LogP contribution in [0.3, 0.4) is 0 Å². The summed E-state index contributed by atoms with van der Waals surface area (Å²) in [5.74, 6) is -1.45. The van der Waals surface area contributed by atoms with Crippen molar-refractivity contribution in [3.8, 4) is 11.5 Å². The molecule has 38 heavy (non-hydrogen) atoms. The van der Waals surface area contributed by atoms with Crippen LogP contribution in [0.15, 0.2) is 45.6 Å². The Balaban J connectivity index is 1.96. The SMILES string of the molecule is COc1cc2c(cc1C(C(C)=N)C(C)=N)nc(CO)c1oc(=O)n(C(C)c3ccc(OC(F)(F)F)cc3)c12. The number of alkyl halides is 3. The van der Waals surface area contributed by atoms with Gasteiger partial charge in [0.15, 0.2) is 5.58 Å². The summed E-state index contributed by atoms with van der Waals surface area (Å²) in [6.45, 7) is 4.32. The number of rotatable bonds is 8. The Hall–Kier alpha value is -4.19. The first kappa shape index (κ1) is 26.9. The van der Waals surface area contributed by atoms with Crippen LogP contribution in [0.25, 0.3) is 22.0 Å². The predicted molar refractivity (Wildman–Crippen MR) is 135 cm³/mol. The number of aliphatic hydroxyl groups is 1. The minimum absolute atomic E-state index is 0.0618. The third-order valence-corrected chi connectivity index (χ3v) is 6.27. The minimum Gasteiger partial charge on any atom is -0.496 e. The highest BCUT2D eigenvalue weighted by atomic mass is 19.4. The quantitative estimate of drug-likeness (QED) is 0.264. The Labute approximate surface area is 214 Å². The molecule has 0 aliphatic rings. The molecule has 4 rings (SSSR count). The minimum atomic E-state index is -4.83. The third-order valence-electron chi connectivity index (χ3n) is 6.27. The largest absolute Gasteiger partial charge is 0.573 e. The molecule has 200 valence electrons. The molecule has 0 radical (unpaired) electrons. The number of nitrogens with one attached hydrogen (secondary N) is 2. The zero-order valence-electron chi connectivity index (χ0n) is 20.9. The van der Waals surface area contributed by atoms with Crippen molar-refractivity contribution in [3.05, 3.63) is 63.8 Å². The average Bonchev–Trinajstić information content (AvgIpc) is 3.18. The van der Waals surface area contributed by atoms with Gasteiger partial charge < -0.3 is 29.8 Å². The number of fused-ring (bicyclic) bond motifs is 3. The van der Waals surface area contributed by atoms with Crippen molar-refractivity contribution in [1.82, 2.24) is 9.55 Å². The summed E-state index contributed by atoms with van der Waals surface area (Å²) in [6.07, 6.45) is -4.83. The molecule has 0 saturated heterocycles. The summed E-state index contributed by atoms with van der Waals surface area (Å²) in [7, 11) is 1.45. The number of hydrogen-bond acceptors (Lipinski definition) is 8. The van der Waals surface area contributed by atoms with E-state index in [1.165, 1.54) is 23.8 Å². The van der Waals surface area contributed by atoms with E-state index in [-0.39, 0.29) is 22.7 Å². The number of methoxy groups -OCH3 is 1. The number of hydrogen-bond donors (Lipinski definition) is 3. The van der Waals surface area contributed by atoms with Crippen molar-refractivity contribution in [2.24, 2.45) is 0 Å². The van der Waals surface area contributed by atoms with Gasteiger partial charge in [0.2, 0.25) is 0 Å². The first-order chi connectivity index (χ1) is 17.9. The molecule has 12 heteroatoms. The molecule has 0 bridgehead atoms. The van der Waals surface area contributed by atoms with E-state index in [1.807, 2.05) is 0 Å². The van der Waals surface area contributed by atoms with E-state index < -0.39 is 36.4 Å². The van der Waals surface area contributed by atoms with Gasteiger partial charge in [0.05, 0.1) is 31.2 Å². The van der Waals surface area contributed by atoms with Crippen LogP contribution in [-0.2, 0) is 6.61 Å². The van der Waals surface area contributed by atoms with Crippen LogP contribution in [-0.4, -0.2) is 39.6 Å². The van der Waals surface area contributed by atoms with Crippen molar-refractivity contribution in [2.45, 2.75) is 45.7 Å². The fourth-order valence-electron chi connectivity index (χ4n) is 4.65. The number of nitrogens with zero attached hydrogens (tertiary/aromatic N) is 2. The molecule has 2 aromatic carbocycles. The van der Waals surface area contributed by atoms with Crippen LogP contribution in [0, 0.1) is 10.8 Å². The Kier molecular flexibility index (Phi) is 7.02. The van der Waals surface area contributed by atoms with E-state index in [0.29, 0.717) is 33.3 Å². The van der Waals surface area contributed by atoms with Crippen LogP contribution < -0.4 is 15.2 Å². The fraction of sp³-hybridized carbons (Fsp3) is 0.308. The summed E-state index contributed by atoms with van der Waals surface area (Å²) < 4.78 is 54.0. The summed E-state index contributed by atoms with van der Waals surface area (Å²) in [5, 5.41) is 26.8. The van der Waals surface area contributed by atoms with Gasteiger partial charge in [-0.15, -0.1) is 13.2 Å². The van der Waals surface area contributed by atoms with Crippen molar-refractivity contribution < 1.29 is 32.2 Å². The summed E-state index contributed by atoms with van der Waals surface area (Å²) in [6, 6.07) is 7.74. The molecular formula is C26H25F3N4O5. The van der Waals surface area contributed by atoms with Gasteiger partial charge in [-0.2, -0.15) is 0 Å². The van der Waals surface area contributed by atoms with Crippen molar-refractivity contribution in [1.29, 1.82) is 10.8 Å². The Morgan fingerprint density at radius 1 is 1.16 bits per heavy atom. The van der Waals surface area contributed by atoms with E-state index in [4.69, 9.17) is 20.0 Å². The van der Waals surface area contributed by atoms with Crippen molar-refractivity contribution >= 4 is 33.4 Å². The van der Waals surface area contributed by atoms with Crippen LogP contribution in [0.1, 0.15) is 49.6 Å². The zero-order chi connectivity index (χ0) is 27.9. The highest BCUT2D eigenvalue weighted by Crippen LogP contribution is 2.37. The molecule has 1 unspecified atom stereocenters. The lowest BCUT2D eigenvalue weighted by Gasteiger charge is -2.20. The standard InChI is InChI=1S/C26H25F3N4O5/c1-12(30)22(13(2)31)18-9-19-17(10-21(18)36-4)23-24(20(11-34)32-19)37-25(35)33(23)14(3)15-5-7-16(8-6-15)38-26(27,28)29/h5-10,14,22,30-31,34H,11H2,1-4H3. The fourth-order valence-corrected chi connectivity index (χ4v) is 4.65. The molecule has 3 N–H and O–H groups in total. The highest BCUT2D eigenvalue weighted by Gasteiger charge is 2.31. The van der Waals surface area contributed by atoms with Gasteiger partial charge in [-0.3, -0.25) is 4.57 Å². The normalized spacial score (nSPS) is 13.5. The second kappa shape index (κ2) is 9.93. The van der Waals surface area contributed by atoms with E-state index in [2.05, 4.69) is 9.72 Å². The molecule has 0 aliphatic heterocycles. The number of aromatic nitrogens is 2. The number of ether oxygens (including phenoxy) is 2. The first-order valence-electron chi connectivity index (χ1n) is 11.5. The maximum atomic E-state index is 13.1. The van der Waals surface area contributed by atoms with Crippen LogP contribution in [0.2, 0.25) is 0 Å². The molecule has 0 spiro atoms. The van der Waals surface area contributed by atoms with Gasteiger partial charge in [-0.1, -0.05) is 12.1 Å². The van der Waals surface area contributed by atoms with E-state index in [9.17, 15) is 23.1 Å². The van der Waals surface area contributed by atoms with Crippen LogP contribution >= 0.6 is 0 Å². The van der Waals surface area contributed by atoms with Gasteiger partial charge in [-0.05, 0) is 50.6 Å². The van der Waals surface area contributed by atoms with E-state index >= 15 is 0 Å². The summed E-state index contributed by atoms with van der Waals surface area (Å²) in [5.41, 5.74) is 2.34. The van der Waals surface area contributed by atoms with Gasteiger partial charge in [0, 0.05) is 22.4 Å². The molecule has 1 atom stereocenters. The maximum Gasteiger partial charge on any atom is 0.573 e. The Morgan fingerprint density at radius 3 is 2.32 bits per heavy atom. The molecular weight excluding hydrogens is 505 g/mol. The van der Waals surface area contributed by atoms with Crippen molar-refractivity contribution in [3.63, 3.8) is 0 Å². The van der Waals surface area contributed by atoms with Gasteiger partial charge >= 0.3 is 12.1 Å². The van der Waals surface area contributed by atoms with Gasteiger partial charge in [0.25, 0.3) is 0 Å². The lowest BCUT2D eigenvalue weighted by molar-refractivity contribution is -0.274. The van der Waals surface area contributed by atoms with Gasteiger partial charge in [-0.25, -0.2) is 9.78 Å². The molecule has 2 aromatic heterocycles. The molecule has 2 heterocycles. The Bertz CT molecular complexity index is 1590. The predicted octanol–water partition coefficient (Wildman–Crippen LogP) is 5.31. The number of oxazole rings is 1. The molecule has 0 saturated carbocycles. The lowest BCUT2D eigenvalue weighted by atomic mass is 9.89. The van der Waals surface area contributed by atoms with Crippen molar-refractivity contribution in [2.75, 3.05) is 7.11 Å². The molecule has 9 nitrogen and oxygen atoms in total. The first-order valence-corrected chi connectivity index (χ1v) is 11.5. The molecule has 4 aromatic rings. The average molecular weight is 531 g/mol. The van der Waals surface area contributed by atoms with Crippen LogP contribution in [0.4, 0.5) is 13.2 Å². The van der Waals surface area contributed by atoms with E-state index in [0.717, 1.165) is 12.1 Å².